The van der Waals surface area contributed by atoms with Crippen LogP contribution in [0.1, 0.15) is 44.6 Å². The van der Waals surface area contributed by atoms with Gasteiger partial charge in [0, 0.05) is 28.7 Å². The molecule has 29 heavy (non-hydrogen) atoms. The summed E-state index contributed by atoms with van der Waals surface area (Å²) in [6.07, 6.45) is 5.57. The molecule has 1 aliphatic carbocycles. The fourth-order valence-electron chi connectivity index (χ4n) is 4.05. The summed E-state index contributed by atoms with van der Waals surface area (Å²) in [5.41, 5.74) is 6.08. The van der Waals surface area contributed by atoms with Crippen LogP contribution >= 0.6 is 0 Å². The third kappa shape index (κ3) is 4.64. The first-order chi connectivity index (χ1) is 13.5. The number of rotatable bonds is 4. The van der Waals surface area contributed by atoms with Crippen molar-refractivity contribution in [3.8, 4) is 0 Å². The van der Waals surface area contributed by atoms with Gasteiger partial charge in [-0.3, -0.25) is 4.79 Å². The predicted octanol–water partition coefficient (Wildman–Crippen LogP) is 1.77. The molecule has 1 aromatic heterocycles. The van der Waals surface area contributed by atoms with Crippen molar-refractivity contribution in [1.82, 2.24) is 0 Å². The van der Waals surface area contributed by atoms with Gasteiger partial charge in [0.15, 0.2) is 24.3 Å². The van der Waals surface area contributed by atoms with E-state index in [0.29, 0.717) is 18.5 Å². The lowest BCUT2D eigenvalue weighted by atomic mass is 9.78. The summed E-state index contributed by atoms with van der Waals surface area (Å²) in [4.78, 5) is 13.0. The van der Waals surface area contributed by atoms with Gasteiger partial charge in [-0.1, -0.05) is 36.4 Å². The number of ketones is 1. The summed E-state index contributed by atoms with van der Waals surface area (Å²) >= 11 is 0. The van der Waals surface area contributed by atoms with Crippen LogP contribution in [0.4, 0.5) is 4.39 Å². The SMILES string of the molecule is Cc1cc2c(cc1C)C(=O)C(Cc1cc[n+](Cc3ccccc3)cc1F)CC2.[Br-]. The van der Waals surface area contributed by atoms with Crippen LogP contribution in [0.25, 0.3) is 0 Å². The molecule has 0 radical (unpaired) electrons. The third-order valence-electron chi connectivity index (χ3n) is 5.85. The van der Waals surface area contributed by atoms with E-state index in [9.17, 15) is 9.18 Å². The van der Waals surface area contributed by atoms with Crippen LogP contribution in [0.3, 0.4) is 0 Å². The molecule has 150 valence electrons. The highest BCUT2D eigenvalue weighted by molar-refractivity contribution is 6.00. The molecule has 0 saturated heterocycles. The van der Waals surface area contributed by atoms with Crippen LogP contribution in [0.15, 0.2) is 60.9 Å². The molecule has 0 N–H and O–H groups in total. The molecule has 1 unspecified atom stereocenters. The van der Waals surface area contributed by atoms with Crippen molar-refractivity contribution < 1.29 is 30.7 Å². The van der Waals surface area contributed by atoms with Crippen LogP contribution in [0.5, 0.6) is 0 Å². The number of Topliss-reactive ketones (excluding diaryl/α,β-unsaturated/α-hetero) is 1. The lowest BCUT2D eigenvalue weighted by Crippen LogP contribution is -3.00. The zero-order valence-electron chi connectivity index (χ0n) is 16.8. The molecule has 1 atom stereocenters. The Hall–Kier alpha value is -2.33. The van der Waals surface area contributed by atoms with Gasteiger partial charge in [-0.2, -0.15) is 4.57 Å². The highest BCUT2D eigenvalue weighted by Gasteiger charge is 2.29. The zero-order valence-corrected chi connectivity index (χ0v) is 18.4. The van der Waals surface area contributed by atoms with Gasteiger partial charge in [0.05, 0.1) is 0 Å². The molecule has 3 aromatic rings. The summed E-state index contributed by atoms with van der Waals surface area (Å²) < 4.78 is 16.6. The monoisotopic (exact) mass is 453 g/mol. The molecule has 0 bridgehead atoms. The molecule has 0 fully saturated rings. The summed E-state index contributed by atoms with van der Waals surface area (Å²) in [7, 11) is 0. The fraction of sp³-hybridized carbons (Fsp3) is 0.280. The van der Waals surface area contributed by atoms with Crippen molar-refractivity contribution >= 4 is 5.78 Å². The molecule has 0 spiro atoms. The molecular weight excluding hydrogens is 429 g/mol. The second-order valence-corrected chi connectivity index (χ2v) is 7.87. The highest BCUT2D eigenvalue weighted by atomic mass is 79.9. The van der Waals surface area contributed by atoms with Crippen molar-refractivity contribution in [3.05, 3.63) is 100 Å². The van der Waals surface area contributed by atoms with E-state index in [1.165, 1.54) is 11.8 Å². The number of fused-ring (bicyclic) bond motifs is 1. The van der Waals surface area contributed by atoms with Gasteiger partial charge < -0.3 is 17.0 Å². The van der Waals surface area contributed by atoms with E-state index >= 15 is 0 Å². The smallest absolute Gasteiger partial charge is 0.205 e. The maximum absolute atomic E-state index is 14.7. The first kappa shape index (κ1) is 21.4. The Morgan fingerprint density at radius 2 is 1.79 bits per heavy atom. The molecule has 0 saturated carbocycles. The van der Waals surface area contributed by atoms with Crippen molar-refractivity contribution in [2.45, 2.75) is 39.7 Å². The number of carbonyl (C=O) groups is 1. The van der Waals surface area contributed by atoms with Gasteiger partial charge in [0.2, 0.25) is 6.20 Å². The third-order valence-corrected chi connectivity index (χ3v) is 5.85. The minimum absolute atomic E-state index is 0. The number of hydrogen-bond donors (Lipinski definition) is 0. The molecule has 1 aliphatic rings. The van der Waals surface area contributed by atoms with Crippen molar-refractivity contribution in [1.29, 1.82) is 0 Å². The summed E-state index contributed by atoms with van der Waals surface area (Å²) in [5.74, 6) is -0.226. The van der Waals surface area contributed by atoms with E-state index in [1.807, 2.05) is 60.2 Å². The molecule has 4 heteroatoms. The number of carbonyl (C=O) groups excluding carboxylic acids is 1. The van der Waals surface area contributed by atoms with Crippen LogP contribution in [0.2, 0.25) is 0 Å². The number of nitrogens with zero attached hydrogens (tertiary/aromatic N) is 1. The normalized spacial score (nSPS) is 15.6. The number of aromatic nitrogens is 1. The summed E-state index contributed by atoms with van der Waals surface area (Å²) in [6.45, 7) is 4.75. The van der Waals surface area contributed by atoms with E-state index < -0.39 is 0 Å². The number of hydrogen-bond acceptors (Lipinski definition) is 1. The standard InChI is InChI=1S/C25H25FNO.BrH/c1-17-12-20-8-9-22(25(28)23(20)13-18(17)2)14-21-10-11-27(16-24(21)26)15-19-6-4-3-5-7-19;/h3-7,10-13,16,22H,8-9,14-15H2,1-2H3;1H/q+1;/p-1. The summed E-state index contributed by atoms with van der Waals surface area (Å²) in [5, 5.41) is 0. The number of benzene rings is 2. The molecule has 2 nitrogen and oxygen atoms in total. The second-order valence-electron chi connectivity index (χ2n) is 7.87. The molecule has 0 amide bonds. The Bertz CT molecular complexity index is 1030. The van der Waals surface area contributed by atoms with Gasteiger partial charge in [0.25, 0.3) is 0 Å². The Balaban J connectivity index is 0.00000240. The molecule has 1 heterocycles. The first-order valence-electron chi connectivity index (χ1n) is 9.87. The average Bonchev–Trinajstić information content (AvgIpc) is 2.68. The van der Waals surface area contributed by atoms with Gasteiger partial charge >= 0.3 is 0 Å². The fourth-order valence-corrected chi connectivity index (χ4v) is 4.05. The Kier molecular flexibility index (Phi) is 6.63. The van der Waals surface area contributed by atoms with Crippen molar-refractivity contribution in [2.24, 2.45) is 5.92 Å². The van der Waals surface area contributed by atoms with E-state index in [-0.39, 0.29) is 34.5 Å². The van der Waals surface area contributed by atoms with Gasteiger partial charge in [-0.15, -0.1) is 0 Å². The summed E-state index contributed by atoms with van der Waals surface area (Å²) in [6, 6.07) is 16.0. The minimum Gasteiger partial charge on any atom is -1.00 e. The highest BCUT2D eigenvalue weighted by Crippen LogP contribution is 2.30. The van der Waals surface area contributed by atoms with Crippen LogP contribution in [-0.2, 0) is 19.4 Å². The van der Waals surface area contributed by atoms with Crippen LogP contribution < -0.4 is 21.5 Å². The predicted molar refractivity (Wildman–Crippen MR) is 108 cm³/mol. The number of aryl methyl sites for hydroxylation is 3. The van der Waals surface area contributed by atoms with Crippen LogP contribution in [-0.4, -0.2) is 5.78 Å². The topological polar surface area (TPSA) is 20.9 Å². The molecular formula is C25H25BrFNO. The maximum Gasteiger partial charge on any atom is 0.205 e. The van der Waals surface area contributed by atoms with Gasteiger partial charge in [0.1, 0.15) is 0 Å². The largest absolute Gasteiger partial charge is 1.00 e. The average molecular weight is 454 g/mol. The molecule has 4 rings (SSSR count). The van der Waals surface area contributed by atoms with Crippen molar-refractivity contribution in [2.75, 3.05) is 0 Å². The Morgan fingerprint density at radius 3 is 2.52 bits per heavy atom. The lowest BCUT2D eigenvalue weighted by molar-refractivity contribution is -0.689. The first-order valence-corrected chi connectivity index (χ1v) is 9.87. The van der Waals surface area contributed by atoms with Crippen molar-refractivity contribution in [3.63, 3.8) is 0 Å². The molecule has 0 aliphatic heterocycles. The zero-order chi connectivity index (χ0) is 19.7. The van der Waals surface area contributed by atoms with E-state index in [2.05, 4.69) is 13.0 Å². The van der Waals surface area contributed by atoms with E-state index in [1.54, 1.807) is 0 Å². The Morgan fingerprint density at radius 1 is 1.07 bits per heavy atom. The second kappa shape index (κ2) is 9.00. The quantitative estimate of drug-likeness (QED) is 0.551. The van der Waals surface area contributed by atoms with E-state index in [0.717, 1.165) is 35.1 Å². The van der Waals surface area contributed by atoms with Gasteiger partial charge in [-0.25, -0.2) is 4.39 Å². The molecule has 2 aromatic carbocycles. The number of pyridine rings is 1. The maximum atomic E-state index is 14.7. The number of halogens is 2. The van der Waals surface area contributed by atoms with E-state index in [4.69, 9.17) is 0 Å². The van der Waals surface area contributed by atoms with Gasteiger partial charge in [-0.05, 0) is 55.9 Å². The Labute approximate surface area is 182 Å². The minimum atomic E-state index is -0.239. The lowest BCUT2D eigenvalue weighted by Gasteiger charge is -2.24. The van der Waals surface area contributed by atoms with Crippen LogP contribution in [0, 0.1) is 25.6 Å².